The van der Waals surface area contributed by atoms with Gasteiger partial charge in [-0.15, -0.1) is 0 Å². The molecule has 0 bridgehead atoms. The van der Waals surface area contributed by atoms with Crippen LogP contribution in [0.5, 0.6) is 5.75 Å². The van der Waals surface area contributed by atoms with Crippen LogP contribution in [0.1, 0.15) is 12.8 Å². The number of piperidine rings is 1. The SMILES string of the molecule is O=C(COc1ccccc1)Nc1ccc(N2CCC(NCC3COCCO3)CC2)cc1. The Balaban J connectivity index is 1.17. The van der Waals surface area contributed by atoms with Crippen molar-refractivity contribution in [2.24, 2.45) is 0 Å². The third-order valence-electron chi connectivity index (χ3n) is 5.64. The summed E-state index contributed by atoms with van der Waals surface area (Å²) in [5, 5.41) is 6.51. The van der Waals surface area contributed by atoms with Crippen LogP contribution >= 0.6 is 0 Å². The third-order valence-corrected chi connectivity index (χ3v) is 5.64. The number of hydrogen-bond acceptors (Lipinski definition) is 6. The maximum absolute atomic E-state index is 12.1. The molecule has 4 rings (SSSR count). The molecule has 1 amide bonds. The molecular weight excluding hydrogens is 394 g/mol. The maximum atomic E-state index is 12.1. The number of nitrogens with zero attached hydrogens (tertiary/aromatic N) is 1. The molecule has 2 aromatic carbocycles. The van der Waals surface area contributed by atoms with Crippen LogP contribution in [0.4, 0.5) is 11.4 Å². The van der Waals surface area contributed by atoms with Crippen molar-refractivity contribution >= 4 is 17.3 Å². The quantitative estimate of drug-likeness (QED) is 0.678. The molecule has 2 aliphatic rings. The van der Waals surface area contributed by atoms with E-state index in [2.05, 4.69) is 27.7 Å². The normalized spacial score (nSPS) is 19.7. The van der Waals surface area contributed by atoms with E-state index in [9.17, 15) is 4.79 Å². The molecule has 0 aliphatic carbocycles. The fourth-order valence-electron chi connectivity index (χ4n) is 3.91. The molecule has 7 heteroatoms. The number of anilines is 2. The van der Waals surface area contributed by atoms with E-state index < -0.39 is 0 Å². The highest BCUT2D eigenvalue weighted by molar-refractivity contribution is 5.92. The summed E-state index contributed by atoms with van der Waals surface area (Å²) in [6.07, 6.45) is 2.37. The minimum atomic E-state index is -0.171. The minimum absolute atomic E-state index is 0.00962. The van der Waals surface area contributed by atoms with Crippen LogP contribution in [0.3, 0.4) is 0 Å². The number of para-hydroxylation sites is 1. The minimum Gasteiger partial charge on any atom is -0.484 e. The lowest BCUT2D eigenvalue weighted by Crippen LogP contribution is -2.46. The van der Waals surface area contributed by atoms with Crippen molar-refractivity contribution in [1.82, 2.24) is 5.32 Å². The van der Waals surface area contributed by atoms with Crippen LogP contribution in [0.15, 0.2) is 54.6 Å². The summed E-state index contributed by atoms with van der Waals surface area (Å²) in [7, 11) is 0. The van der Waals surface area contributed by atoms with E-state index in [1.54, 1.807) is 0 Å². The van der Waals surface area contributed by atoms with Crippen LogP contribution < -0.4 is 20.3 Å². The molecule has 2 aromatic rings. The summed E-state index contributed by atoms with van der Waals surface area (Å²) in [5.74, 6) is 0.515. The van der Waals surface area contributed by atoms with Crippen molar-refractivity contribution in [3.8, 4) is 5.75 Å². The number of amides is 1. The van der Waals surface area contributed by atoms with Gasteiger partial charge in [-0.25, -0.2) is 0 Å². The summed E-state index contributed by atoms with van der Waals surface area (Å²) in [4.78, 5) is 14.5. The maximum Gasteiger partial charge on any atom is 0.262 e. The zero-order valence-corrected chi connectivity index (χ0v) is 17.8. The lowest BCUT2D eigenvalue weighted by atomic mass is 10.0. The molecule has 7 nitrogen and oxygen atoms in total. The summed E-state index contributed by atoms with van der Waals surface area (Å²) in [6.45, 7) is 4.96. The van der Waals surface area contributed by atoms with Gasteiger partial charge in [-0.2, -0.15) is 0 Å². The first kappa shape index (κ1) is 21.6. The fourth-order valence-corrected chi connectivity index (χ4v) is 3.91. The van der Waals surface area contributed by atoms with Gasteiger partial charge in [0.05, 0.1) is 25.9 Å². The number of nitrogens with one attached hydrogen (secondary N) is 2. The number of hydrogen-bond donors (Lipinski definition) is 2. The molecule has 0 saturated carbocycles. The first-order chi connectivity index (χ1) is 15.3. The van der Waals surface area contributed by atoms with Crippen molar-refractivity contribution in [1.29, 1.82) is 0 Å². The number of carbonyl (C=O) groups is 1. The van der Waals surface area contributed by atoms with Gasteiger partial charge in [0.15, 0.2) is 6.61 Å². The van der Waals surface area contributed by atoms with Crippen molar-refractivity contribution in [2.45, 2.75) is 25.0 Å². The van der Waals surface area contributed by atoms with Gasteiger partial charge in [0.1, 0.15) is 5.75 Å². The van der Waals surface area contributed by atoms with Gasteiger partial charge in [0.25, 0.3) is 5.91 Å². The largest absolute Gasteiger partial charge is 0.484 e. The molecule has 31 heavy (non-hydrogen) atoms. The Morgan fingerprint density at radius 2 is 1.81 bits per heavy atom. The predicted octanol–water partition coefficient (Wildman–Crippen LogP) is 2.68. The Morgan fingerprint density at radius 1 is 1.03 bits per heavy atom. The fraction of sp³-hybridized carbons (Fsp3) is 0.458. The van der Waals surface area contributed by atoms with E-state index in [0.717, 1.165) is 38.2 Å². The van der Waals surface area contributed by atoms with E-state index in [1.165, 1.54) is 5.69 Å². The van der Waals surface area contributed by atoms with Crippen molar-refractivity contribution < 1.29 is 19.0 Å². The number of ether oxygens (including phenoxy) is 3. The second kappa shape index (κ2) is 11.1. The molecule has 2 heterocycles. The zero-order valence-electron chi connectivity index (χ0n) is 17.8. The van der Waals surface area contributed by atoms with Gasteiger partial charge in [0.2, 0.25) is 0 Å². The Morgan fingerprint density at radius 3 is 2.52 bits per heavy atom. The van der Waals surface area contributed by atoms with Crippen LogP contribution in [0.2, 0.25) is 0 Å². The number of carbonyl (C=O) groups excluding carboxylic acids is 1. The summed E-state index contributed by atoms with van der Waals surface area (Å²) < 4.78 is 16.6. The molecule has 1 unspecified atom stereocenters. The van der Waals surface area contributed by atoms with Gasteiger partial charge in [0, 0.05) is 37.1 Å². The van der Waals surface area contributed by atoms with E-state index in [0.29, 0.717) is 31.6 Å². The Bertz CT molecular complexity index is 801. The molecule has 1 atom stereocenters. The average Bonchev–Trinajstić information content (AvgIpc) is 2.84. The third kappa shape index (κ3) is 6.69. The average molecular weight is 426 g/mol. The predicted molar refractivity (Wildman–Crippen MR) is 121 cm³/mol. The van der Waals surface area contributed by atoms with Crippen molar-refractivity contribution in [3.63, 3.8) is 0 Å². The highest BCUT2D eigenvalue weighted by Gasteiger charge is 2.21. The molecule has 0 radical (unpaired) electrons. The standard InChI is InChI=1S/C24H31N3O4/c28-24(18-31-22-4-2-1-3-5-22)26-20-6-8-21(9-7-20)27-12-10-19(11-13-27)25-16-23-17-29-14-15-30-23/h1-9,19,23,25H,10-18H2,(H,26,28). The first-order valence-corrected chi connectivity index (χ1v) is 11.0. The molecule has 2 fully saturated rings. The molecule has 0 spiro atoms. The molecule has 2 saturated heterocycles. The van der Waals surface area contributed by atoms with E-state index in [4.69, 9.17) is 14.2 Å². The van der Waals surface area contributed by atoms with Gasteiger partial charge >= 0.3 is 0 Å². The Kier molecular flexibility index (Phi) is 7.76. The van der Waals surface area contributed by atoms with Gasteiger partial charge in [-0.3, -0.25) is 4.79 Å². The monoisotopic (exact) mass is 425 g/mol. The van der Waals surface area contributed by atoms with E-state index >= 15 is 0 Å². The molecule has 166 valence electrons. The number of benzene rings is 2. The summed E-state index contributed by atoms with van der Waals surface area (Å²) in [5.41, 5.74) is 1.96. The number of rotatable bonds is 8. The van der Waals surface area contributed by atoms with Crippen LogP contribution in [0, 0.1) is 0 Å². The van der Waals surface area contributed by atoms with E-state index in [1.807, 2.05) is 42.5 Å². The molecular formula is C24H31N3O4. The van der Waals surface area contributed by atoms with Crippen LogP contribution in [-0.2, 0) is 14.3 Å². The molecule has 0 aromatic heterocycles. The summed E-state index contributed by atoms with van der Waals surface area (Å²) >= 11 is 0. The molecule has 2 N–H and O–H groups in total. The van der Waals surface area contributed by atoms with E-state index in [-0.39, 0.29) is 18.6 Å². The highest BCUT2D eigenvalue weighted by atomic mass is 16.6. The Labute approximate surface area is 183 Å². The Hall–Kier alpha value is -2.61. The van der Waals surface area contributed by atoms with Crippen molar-refractivity contribution in [3.05, 3.63) is 54.6 Å². The first-order valence-electron chi connectivity index (χ1n) is 11.0. The van der Waals surface area contributed by atoms with Gasteiger partial charge in [-0.05, 0) is 49.2 Å². The van der Waals surface area contributed by atoms with Gasteiger partial charge < -0.3 is 29.7 Å². The van der Waals surface area contributed by atoms with Crippen LogP contribution in [0.25, 0.3) is 0 Å². The summed E-state index contributed by atoms with van der Waals surface area (Å²) in [6, 6.07) is 17.9. The molecule has 2 aliphatic heterocycles. The topological polar surface area (TPSA) is 72.1 Å². The second-order valence-electron chi connectivity index (χ2n) is 7.93. The highest BCUT2D eigenvalue weighted by Crippen LogP contribution is 2.22. The zero-order chi connectivity index (χ0) is 21.3. The lowest BCUT2D eigenvalue weighted by Gasteiger charge is -2.35. The van der Waals surface area contributed by atoms with Crippen molar-refractivity contribution in [2.75, 3.05) is 56.3 Å². The van der Waals surface area contributed by atoms with Crippen LogP contribution in [-0.4, -0.2) is 64.1 Å². The second-order valence-corrected chi connectivity index (χ2v) is 7.93. The smallest absolute Gasteiger partial charge is 0.262 e. The van der Waals surface area contributed by atoms with Gasteiger partial charge in [-0.1, -0.05) is 18.2 Å². The lowest BCUT2D eigenvalue weighted by molar-refractivity contribution is -0.118.